The van der Waals surface area contributed by atoms with Crippen LogP contribution in [0.2, 0.25) is 0 Å². The lowest BCUT2D eigenvalue weighted by Crippen LogP contribution is -2.28. The van der Waals surface area contributed by atoms with Crippen molar-refractivity contribution in [2.75, 3.05) is 12.0 Å². The number of benzene rings is 3. The Morgan fingerprint density at radius 2 is 1.77 bits per heavy atom. The molecule has 1 aliphatic heterocycles. The van der Waals surface area contributed by atoms with E-state index in [1.165, 1.54) is 19.2 Å². The van der Waals surface area contributed by atoms with Crippen LogP contribution < -0.4 is 14.4 Å². The zero-order valence-corrected chi connectivity index (χ0v) is 17.4. The number of hydrogen-bond acceptors (Lipinski definition) is 5. The minimum absolute atomic E-state index is 0.245. The molecule has 3 aromatic rings. The maximum Gasteiger partial charge on any atom is 0.298 e. The Morgan fingerprint density at radius 3 is 2.52 bits per heavy atom. The molecule has 7 heteroatoms. The van der Waals surface area contributed by atoms with E-state index in [1.54, 1.807) is 66.7 Å². The summed E-state index contributed by atoms with van der Waals surface area (Å²) in [6.07, 6.45) is 1.66. The lowest BCUT2D eigenvalue weighted by Gasteiger charge is -2.15. The van der Waals surface area contributed by atoms with Crippen LogP contribution in [-0.4, -0.2) is 18.3 Å². The standard InChI is InChI=1S/C24H18FNO4S/c1-29-21-8-3-2-7-20(21)26-23(27)22(31-24(26)28)14-16-9-11-19(12-10-16)30-15-17-5-4-6-18(25)13-17/h2-14H,15H2,1H3/b22-14-. The smallest absolute Gasteiger partial charge is 0.298 e. The van der Waals surface area contributed by atoms with Gasteiger partial charge in [0.15, 0.2) is 0 Å². The number of anilines is 1. The number of nitrogens with zero attached hydrogens (tertiary/aromatic N) is 1. The Kier molecular flexibility index (Phi) is 6.04. The van der Waals surface area contributed by atoms with Crippen molar-refractivity contribution in [2.45, 2.75) is 6.61 Å². The van der Waals surface area contributed by atoms with E-state index in [2.05, 4.69) is 0 Å². The number of hydrogen-bond donors (Lipinski definition) is 0. The van der Waals surface area contributed by atoms with Crippen molar-refractivity contribution in [3.8, 4) is 11.5 Å². The van der Waals surface area contributed by atoms with Gasteiger partial charge in [-0.3, -0.25) is 9.59 Å². The largest absolute Gasteiger partial charge is 0.495 e. The molecule has 3 aromatic carbocycles. The monoisotopic (exact) mass is 435 g/mol. The van der Waals surface area contributed by atoms with Gasteiger partial charge in [-0.15, -0.1) is 0 Å². The SMILES string of the molecule is COc1ccccc1N1C(=O)S/C(=C\c2ccc(OCc3cccc(F)c3)cc2)C1=O. The Hall–Kier alpha value is -3.58. The number of carbonyl (C=O) groups excluding carboxylic acids is 2. The summed E-state index contributed by atoms with van der Waals surface area (Å²) in [7, 11) is 1.49. The first-order chi connectivity index (χ1) is 15.0. The van der Waals surface area contributed by atoms with E-state index >= 15 is 0 Å². The fraction of sp³-hybridized carbons (Fsp3) is 0.0833. The molecule has 1 fully saturated rings. The summed E-state index contributed by atoms with van der Waals surface area (Å²) in [5, 5.41) is -0.379. The normalized spacial score (nSPS) is 14.9. The molecule has 31 heavy (non-hydrogen) atoms. The first-order valence-corrected chi connectivity index (χ1v) is 10.2. The van der Waals surface area contributed by atoms with Crippen LogP contribution in [-0.2, 0) is 11.4 Å². The summed E-state index contributed by atoms with van der Waals surface area (Å²) < 4.78 is 24.2. The topological polar surface area (TPSA) is 55.8 Å². The second-order valence-electron chi connectivity index (χ2n) is 6.68. The summed E-state index contributed by atoms with van der Waals surface area (Å²) in [6.45, 7) is 0.245. The third kappa shape index (κ3) is 4.62. The van der Waals surface area contributed by atoms with Gasteiger partial charge < -0.3 is 9.47 Å². The number of halogens is 1. The van der Waals surface area contributed by atoms with Crippen molar-refractivity contribution in [1.29, 1.82) is 0 Å². The molecule has 0 spiro atoms. The molecular weight excluding hydrogens is 417 g/mol. The van der Waals surface area contributed by atoms with Crippen LogP contribution in [0.3, 0.4) is 0 Å². The van der Waals surface area contributed by atoms with Crippen LogP contribution in [0.25, 0.3) is 6.08 Å². The van der Waals surface area contributed by atoms with Crippen molar-refractivity contribution in [3.63, 3.8) is 0 Å². The average molecular weight is 435 g/mol. The highest BCUT2D eigenvalue weighted by Gasteiger charge is 2.37. The van der Waals surface area contributed by atoms with Crippen LogP contribution in [0.4, 0.5) is 14.9 Å². The van der Waals surface area contributed by atoms with E-state index in [1.807, 2.05) is 0 Å². The van der Waals surface area contributed by atoms with E-state index in [4.69, 9.17) is 9.47 Å². The molecule has 0 bridgehead atoms. The quantitative estimate of drug-likeness (QED) is 0.468. The lowest BCUT2D eigenvalue weighted by atomic mass is 10.2. The molecule has 1 saturated heterocycles. The minimum Gasteiger partial charge on any atom is -0.495 e. The molecule has 0 aromatic heterocycles. The van der Waals surface area contributed by atoms with Gasteiger partial charge >= 0.3 is 0 Å². The van der Waals surface area contributed by atoms with Crippen molar-refractivity contribution in [2.24, 2.45) is 0 Å². The summed E-state index contributed by atoms with van der Waals surface area (Å²) in [5.74, 6) is 0.360. The molecule has 4 rings (SSSR count). The number of ether oxygens (including phenoxy) is 2. The zero-order chi connectivity index (χ0) is 21.8. The number of methoxy groups -OCH3 is 1. The molecule has 0 radical (unpaired) electrons. The van der Waals surface area contributed by atoms with E-state index in [-0.39, 0.29) is 17.7 Å². The number of imide groups is 1. The van der Waals surface area contributed by atoms with Crippen molar-refractivity contribution in [1.82, 2.24) is 0 Å². The molecule has 1 heterocycles. The van der Waals surface area contributed by atoms with E-state index in [0.717, 1.165) is 27.8 Å². The molecule has 0 atom stereocenters. The summed E-state index contributed by atoms with van der Waals surface area (Å²) in [5.41, 5.74) is 1.90. The van der Waals surface area contributed by atoms with Gasteiger partial charge in [-0.2, -0.15) is 0 Å². The third-order valence-corrected chi connectivity index (χ3v) is 5.46. The highest BCUT2D eigenvalue weighted by Crippen LogP contribution is 2.39. The number of amides is 2. The van der Waals surface area contributed by atoms with Crippen LogP contribution >= 0.6 is 11.8 Å². The molecule has 0 aliphatic carbocycles. The highest BCUT2D eigenvalue weighted by molar-refractivity contribution is 8.19. The maximum absolute atomic E-state index is 13.3. The van der Waals surface area contributed by atoms with Gasteiger partial charge in [0.1, 0.15) is 23.9 Å². The molecular formula is C24H18FNO4S. The highest BCUT2D eigenvalue weighted by atomic mass is 32.2. The first-order valence-electron chi connectivity index (χ1n) is 9.43. The minimum atomic E-state index is -0.397. The Labute approximate surface area is 183 Å². The molecule has 0 saturated carbocycles. The second kappa shape index (κ2) is 9.06. The fourth-order valence-electron chi connectivity index (χ4n) is 3.09. The predicted octanol–water partition coefficient (Wildman–Crippen LogP) is 5.65. The predicted molar refractivity (Wildman–Crippen MR) is 119 cm³/mol. The molecule has 0 unspecified atom stereocenters. The molecule has 1 aliphatic rings. The van der Waals surface area contributed by atoms with Gasteiger partial charge in [0.05, 0.1) is 17.7 Å². The molecule has 0 N–H and O–H groups in total. The van der Waals surface area contributed by atoms with Gasteiger partial charge in [0, 0.05) is 0 Å². The van der Waals surface area contributed by atoms with Crippen LogP contribution in [0.1, 0.15) is 11.1 Å². The van der Waals surface area contributed by atoms with E-state index in [9.17, 15) is 14.0 Å². The van der Waals surface area contributed by atoms with Crippen LogP contribution in [0, 0.1) is 5.82 Å². The zero-order valence-electron chi connectivity index (χ0n) is 16.6. The number of para-hydroxylation sites is 2. The van der Waals surface area contributed by atoms with Gasteiger partial charge in [-0.05, 0) is 65.4 Å². The lowest BCUT2D eigenvalue weighted by molar-refractivity contribution is -0.113. The fourth-order valence-corrected chi connectivity index (χ4v) is 3.93. The average Bonchev–Trinajstić information content (AvgIpc) is 3.06. The van der Waals surface area contributed by atoms with Crippen molar-refractivity contribution in [3.05, 3.63) is 94.6 Å². The van der Waals surface area contributed by atoms with Crippen molar-refractivity contribution < 1.29 is 23.5 Å². The number of carbonyl (C=O) groups is 2. The summed E-state index contributed by atoms with van der Waals surface area (Å²) in [6, 6.07) is 20.2. The second-order valence-corrected chi connectivity index (χ2v) is 7.67. The maximum atomic E-state index is 13.3. The number of rotatable bonds is 6. The molecule has 156 valence electrons. The van der Waals surface area contributed by atoms with Crippen LogP contribution in [0.5, 0.6) is 11.5 Å². The Morgan fingerprint density at radius 1 is 1.00 bits per heavy atom. The van der Waals surface area contributed by atoms with Gasteiger partial charge in [-0.1, -0.05) is 36.4 Å². The van der Waals surface area contributed by atoms with Crippen molar-refractivity contribution >= 4 is 34.7 Å². The number of thioether (sulfide) groups is 1. The summed E-state index contributed by atoms with van der Waals surface area (Å²) in [4.78, 5) is 26.8. The first kappa shape index (κ1) is 20.7. The molecule has 5 nitrogen and oxygen atoms in total. The third-order valence-electron chi connectivity index (χ3n) is 4.59. The van der Waals surface area contributed by atoms with Gasteiger partial charge in [0.2, 0.25) is 0 Å². The van der Waals surface area contributed by atoms with Gasteiger partial charge in [-0.25, -0.2) is 9.29 Å². The summed E-state index contributed by atoms with van der Waals surface area (Å²) >= 11 is 0.880. The van der Waals surface area contributed by atoms with E-state index < -0.39 is 5.91 Å². The molecule has 2 amide bonds. The van der Waals surface area contributed by atoms with Crippen LogP contribution in [0.15, 0.2) is 77.7 Å². The Bertz CT molecular complexity index is 1160. The Balaban J connectivity index is 1.47. The van der Waals surface area contributed by atoms with Gasteiger partial charge in [0.25, 0.3) is 11.1 Å². The van der Waals surface area contributed by atoms with E-state index in [0.29, 0.717) is 22.1 Å².